The predicted molar refractivity (Wildman–Crippen MR) is 111 cm³/mol. The largest absolute Gasteiger partial charge is 0.343 e. The molecule has 0 atom stereocenters. The maximum Gasteiger partial charge on any atom is 0.237 e. The van der Waals surface area contributed by atoms with Gasteiger partial charge in [-0.05, 0) is 36.1 Å². The SMILES string of the molecule is CN1CCN(CC(=O)N2Cc3cnn(-c4ccc(F)cc4)c3CC(C)(C)C2)CC1=O. The molecule has 2 aromatic rings. The molecule has 0 radical (unpaired) electrons. The third-order valence-corrected chi connectivity index (χ3v) is 5.90. The molecular weight excluding hydrogens is 385 g/mol. The zero-order valence-electron chi connectivity index (χ0n) is 17.8. The van der Waals surface area contributed by atoms with Crippen molar-refractivity contribution in [3.8, 4) is 5.69 Å². The maximum absolute atomic E-state index is 13.3. The summed E-state index contributed by atoms with van der Waals surface area (Å²) < 4.78 is 15.2. The monoisotopic (exact) mass is 413 g/mol. The molecule has 160 valence electrons. The van der Waals surface area contributed by atoms with Gasteiger partial charge in [-0.2, -0.15) is 5.10 Å². The fourth-order valence-corrected chi connectivity index (χ4v) is 4.23. The molecule has 0 unspecified atom stereocenters. The average molecular weight is 413 g/mol. The van der Waals surface area contributed by atoms with Gasteiger partial charge in [0.05, 0.1) is 25.0 Å². The number of carbonyl (C=O) groups is 2. The second kappa shape index (κ2) is 7.83. The lowest BCUT2D eigenvalue weighted by molar-refractivity contribution is -0.139. The van der Waals surface area contributed by atoms with Crippen LogP contribution in [0.2, 0.25) is 0 Å². The standard InChI is InChI=1S/C22H28FN5O2/c1-22(2)10-19-16(11-24-28(19)18-6-4-17(23)5-7-18)12-27(15-22)21(30)14-26-9-8-25(3)20(29)13-26/h4-7,11H,8-10,12-15H2,1-3H3. The molecule has 0 N–H and O–H groups in total. The maximum atomic E-state index is 13.3. The summed E-state index contributed by atoms with van der Waals surface area (Å²) in [5, 5.41) is 4.53. The van der Waals surface area contributed by atoms with E-state index in [2.05, 4.69) is 18.9 Å². The molecule has 1 saturated heterocycles. The van der Waals surface area contributed by atoms with Crippen LogP contribution in [0.1, 0.15) is 25.1 Å². The van der Waals surface area contributed by atoms with Crippen LogP contribution in [-0.4, -0.2) is 76.1 Å². The van der Waals surface area contributed by atoms with E-state index in [1.807, 2.05) is 14.5 Å². The van der Waals surface area contributed by atoms with Crippen molar-refractivity contribution in [2.75, 3.05) is 39.8 Å². The van der Waals surface area contributed by atoms with Crippen molar-refractivity contribution in [1.29, 1.82) is 0 Å². The second-order valence-electron chi connectivity index (χ2n) is 9.12. The molecule has 1 aromatic heterocycles. The molecule has 0 saturated carbocycles. The Hall–Kier alpha value is -2.74. The van der Waals surface area contributed by atoms with Crippen LogP contribution in [0.3, 0.4) is 0 Å². The minimum absolute atomic E-state index is 0.0304. The number of nitrogens with zero attached hydrogens (tertiary/aromatic N) is 5. The fraction of sp³-hybridized carbons (Fsp3) is 0.500. The third-order valence-electron chi connectivity index (χ3n) is 5.90. The van der Waals surface area contributed by atoms with Crippen LogP contribution in [0.15, 0.2) is 30.5 Å². The van der Waals surface area contributed by atoms with Gasteiger partial charge in [0.25, 0.3) is 0 Å². The quantitative estimate of drug-likeness (QED) is 0.769. The van der Waals surface area contributed by atoms with Gasteiger partial charge >= 0.3 is 0 Å². The fourth-order valence-electron chi connectivity index (χ4n) is 4.23. The summed E-state index contributed by atoms with van der Waals surface area (Å²) in [6.45, 7) is 7.29. The number of aromatic nitrogens is 2. The number of piperazine rings is 1. The summed E-state index contributed by atoms with van der Waals surface area (Å²) in [4.78, 5) is 30.6. The van der Waals surface area contributed by atoms with E-state index in [4.69, 9.17) is 0 Å². The lowest BCUT2D eigenvalue weighted by atomic mass is 9.87. The normalized spacial score (nSPS) is 19.5. The summed E-state index contributed by atoms with van der Waals surface area (Å²) in [6.07, 6.45) is 2.57. The first-order valence-corrected chi connectivity index (χ1v) is 10.3. The van der Waals surface area contributed by atoms with Crippen molar-refractivity contribution in [3.63, 3.8) is 0 Å². The lowest BCUT2D eigenvalue weighted by Gasteiger charge is -2.34. The number of hydrogen-bond acceptors (Lipinski definition) is 4. The van der Waals surface area contributed by atoms with Gasteiger partial charge in [-0.3, -0.25) is 14.5 Å². The Morgan fingerprint density at radius 3 is 2.60 bits per heavy atom. The number of fused-ring (bicyclic) bond motifs is 1. The zero-order valence-corrected chi connectivity index (χ0v) is 17.8. The van der Waals surface area contributed by atoms with E-state index in [-0.39, 0.29) is 36.1 Å². The molecule has 0 aliphatic carbocycles. The smallest absolute Gasteiger partial charge is 0.237 e. The van der Waals surface area contributed by atoms with Crippen LogP contribution >= 0.6 is 0 Å². The summed E-state index contributed by atoms with van der Waals surface area (Å²) in [6, 6.07) is 6.29. The van der Waals surface area contributed by atoms with Crippen molar-refractivity contribution >= 4 is 11.8 Å². The van der Waals surface area contributed by atoms with E-state index in [0.29, 0.717) is 26.2 Å². The Morgan fingerprint density at radius 2 is 1.90 bits per heavy atom. The molecule has 1 aromatic carbocycles. The van der Waals surface area contributed by atoms with Crippen molar-refractivity contribution < 1.29 is 14.0 Å². The van der Waals surface area contributed by atoms with Gasteiger partial charge in [0.2, 0.25) is 11.8 Å². The van der Waals surface area contributed by atoms with Crippen molar-refractivity contribution in [2.24, 2.45) is 5.41 Å². The topological polar surface area (TPSA) is 61.7 Å². The number of carbonyl (C=O) groups excluding carboxylic acids is 2. The molecule has 4 rings (SSSR count). The first kappa shape index (κ1) is 20.5. The molecule has 7 nitrogen and oxygen atoms in total. The number of halogens is 1. The van der Waals surface area contributed by atoms with Crippen LogP contribution in [-0.2, 0) is 22.6 Å². The van der Waals surface area contributed by atoms with E-state index in [1.165, 1.54) is 12.1 Å². The highest BCUT2D eigenvalue weighted by Gasteiger charge is 2.33. The van der Waals surface area contributed by atoms with Crippen molar-refractivity contribution in [3.05, 3.63) is 47.5 Å². The molecule has 8 heteroatoms. The van der Waals surface area contributed by atoms with E-state index < -0.39 is 0 Å². The number of hydrogen-bond donors (Lipinski definition) is 0. The summed E-state index contributed by atoms with van der Waals surface area (Å²) in [5.74, 6) is -0.201. The van der Waals surface area contributed by atoms with Crippen LogP contribution in [0.25, 0.3) is 5.69 Å². The second-order valence-corrected chi connectivity index (χ2v) is 9.12. The van der Waals surface area contributed by atoms with Gasteiger partial charge in [-0.1, -0.05) is 13.8 Å². The zero-order chi connectivity index (χ0) is 21.5. The minimum atomic E-state index is -0.281. The highest BCUT2D eigenvalue weighted by Crippen LogP contribution is 2.31. The number of amides is 2. The molecule has 1 fully saturated rings. The Balaban J connectivity index is 1.54. The Labute approximate surface area is 176 Å². The van der Waals surface area contributed by atoms with Crippen LogP contribution in [0, 0.1) is 11.2 Å². The predicted octanol–water partition coefficient (Wildman–Crippen LogP) is 1.70. The lowest BCUT2D eigenvalue weighted by Crippen LogP contribution is -2.52. The van der Waals surface area contributed by atoms with E-state index in [0.717, 1.165) is 23.4 Å². The van der Waals surface area contributed by atoms with Gasteiger partial charge in [-0.15, -0.1) is 0 Å². The van der Waals surface area contributed by atoms with Crippen molar-refractivity contribution in [1.82, 2.24) is 24.5 Å². The van der Waals surface area contributed by atoms with Gasteiger partial charge < -0.3 is 9.80 Å². The van der Waals surface area contributed by atoms with Crippen LogP contribution < -0.4 is 0 Å². The van der Waals surface area contributed by atoms with Gasteiger partial charge in [0, 0.05) is 44.5 Å². The summed E-state index contributed by atoms with van der Waals surface area (Å²) in [7, 11) is 1.79. The average Bonchev–Trinajstić information content (AvgIpc) is 2.99. The van der Waals surface area contributed by atoms with Crippen LogP contribution in [0.4, 0.5) is 4.39 Å². The van der Waals surface area contributed by atoms with Gasteiger partial charge in [-0.25, -0.2) is 9.07 Å². The molecule has 0 bridgehead atoms. The summed E-state index contributed by atoms with van der Waals surface area (Å²) in [5.41, 5.74) is 2.73. The number of likely N-dealkylation sites (N-methyl/N-ethyl adjacent to an activating group) is 1. The number of rotatable bonds is 3. The molecule has 2 aliphatic heterocycles. The molecule has 3 heterocycles. The third kappa shape index (κ3) is 4.23. The van der Waals surface area contributed by atoms with Crippen LogP contribution in [0.5, 0.6) is 0 Å². The van der Waals surface area contributed by atoms with E-state index in [1.54, 1.807) is 30.3 Å². The molecule has 2 aliphatic rings. The van der Waals surface area contributed by atoms with Gasteiger partial charge in [0.1, 0.15) is 5.82 Å². The van der Waals surface area contributed by atoms with Crippen molar-refractivity contribution in [2.45, 2.75) is 26.8 Å². The molecule has 2 amide bonds. The minimum Gasteiger partial charge on any atom is -0.343 e. The molecule has 30 heavy (non-hydrogen) atoms. The Kier molecular flexibility index (Phi) is 5.36. The summed E-state index contributed by atoms with van der Waals surface area (Å²) >= 11 is 0. The Morgan fingerprint density at radius 1 is 1.17 bits per heavy atom. The highest BCUT2D eigenvalue weighted by atomic mass is 19.1. The first-order valence-electron chi connectivity index (χ1n) is 10.3. The number of benzene rings is 1. The van der Waals surface area contributed by atoms with E-state index in [9.17, 15) is 14.0 Å². The Bertz CT molecular complexity index is 953. The molecule has 0 spiro atoms. The molecular formula is C22H28FN5O2. The highest BCUT2D eigenvalue weighted by molar-refractivity contribution is 5.82. The van der Waals surface area contributed by atoms with Gasteiger partial charge in [0.15, 0.2) is 0 Å². The van der Waals surface area contributed by atoms with E-state index >= 15 is 0 Å². The first-order chi connectivity index (χ1) is 14.2.